The molecule has 0 aliphatic rings. The van der Waals surface area contributed by atoms with Crippen LogP contribution in [0.5, 0.6) is 0 Å². The normalized spacial score (nSPS) is 13.3. The molecule has 1 aromatic heterocycles. The van der Waals surface area contributed by atoms with E-state index >= 15 is 0 Å². The molecule has 0 saturated heterocycles. The summed E-state index contributed by atoms with van der Waals surface area (Å²) in [6, 6.07) is 6.33. The van der Waals surface area contributed by atoms with Crippen molar-refractivity contribution < 1.29 is 5.73 Å². The van der Waals surface area contributed by atoms with Crippen molar-refractivity contribution in [3.8, 4) is 0 Å². The summed E-state index contributed by atoms with van der Waals surface area (Å²) < 4.78 is 0. The maximum Gasteiger partial charge on any atom is 0.127 e. The van der Waals surface area contributed by atoms with E-state index in [1.165, 1.54) is 0 Å². The summed E-state index contributed by atoms with van der Waals surface area (Å²) in [5.74, 6) is 0.689. The van der Waals surface area contributed by atoms with Crippen molar-refractivity contribution in [2.75, 3.05) is 0 Å². The van der Waals surface area contributed by atoms with Crippen molar-refractivity contribution in [3.63, 3.8) is 0 Å². The van der Waals surface area contributed by atoms with Gasteiger partial charge in [0, 0.05) is 12.6 Å². The van der Waals surface area contributed by atoms with Crippen LogP contribution < -0.4 is 5.73 Å². The predicted molar refractivity (Wildman–Crippen MR) is 49.3 cm³/mol. The van der Waals surface area contributed by atoms with E-state index < -0.39 is 0 Å². The van der Waals surface area contributed by atoms with E-state index in [2.05, 4.69) is 24.6 Å². The molecule has 66 valence electrons. The van der Waals surface area contributed by atoms with Crippen molar-refractivity contribution >= 4 is 0 Å². The van der Waals surface area contributed by atoms with Gasteiger partial charge in [-0.25, -0.2) is 0 Å². The highest BCUT2D eigenvalue weighted by Gasteiger charge is 2.11. The van der Waals surface area contributed by atoms with Crippen LogP contribution in [0.1, 0.15) is 32.0 Å². The van der Waals surface area contributed by atoms with Crippen molar-refractivity contribution in [3.05, 3.63) is 30.1 Å². The zero-order valence-corrected chi connectivity index (χ0v) is 7.83. The van der Waals surface area contributed by atoms with Gasteiger partial charge >= 0.3 is 0 Å². The standard InChI is InChI=1S/C10H16N2/c1-8(2)7-9(11)10-5-3-4-6-12-10/h3-6,8-9H,7,11H2,1-2H3/p+1/t9-/m0/s1. The maximum absolute atomic E-state index is 4.27. The summed E-state index contributed by atoms with van der Waals surface area (Å²) in [6.45, 7) is 4.42. The quantitative estimate of drug-likeness (QED) is 0.722. The molecule has 1 aromatic rings. The fourth-order valence-corrected chi connectivity index (χ4v) is 1.31. The van der Waals surface area contributed by atoms with Crippen LogP contribution in [-0.4, -0.2) is 4.98 Å². The maximum atomic E-state index is 4.27. The largest absolute Gasteiger partial charge is 0.350 e. The van der Waals surface area contributed by atoms with Gasteiger partial charge in [-0.2, -0.15) is 0 Å². The lowest BCUT2D eigenvalue weighted by atomic mass is 10.0. The summed E-state index contributed by atoms with van der Waals surface area (Å²) in [5.41, 5.74) is 5.19. The first-order valence-corrected chi connectivity index (χ1v) is 4.44. The average Bonchev–Trinajstić information content (AvgIpc) is 2.05. The van der Waals surface area contributed by atoms with Crippen LogP contribution in [0.15, 0.2) is 24.4 Å². The average molecular weight is 165 g/mol. The molecule has 0 aromatic carbocycles. The summed E-state index contributed by atoms with van der Waals surface area (Å²) in [7, 11) is 0. The monoisotopic (exact) mass is 165 g/mol. The number of nitrogens with zero attached hydrogens (tertiary/aromatic N) is 1. The summed E-state index contributed by atoms with van der Waals surface area (Å²) in [4.78, 5) is 4.27. The smallest absolute Gasteiger partial charge is 0.127 e. The molecule has 0 saturated carbocycles. The summed E-state index contributed by atoms with van der Waals surface area (Å²) in [5, 5.41) is 0. The molecule has 0 aliphatic carbocycles. The first kappa shape index (κ1) is 9.20. The summed E-state index contributed by atoms with van der Waals surface area (Å²) in [6.07, 6.45) is 2.94. The number of aromatic nitrogens is 1. The Morgan fingerprint density at radius 3 is 2.67 bits per heavy atom. The zero-order chi connectivity index (χ0) is 8.97. The highest BCUT2D eigenvalue weighted by Crippen LogP contribution is 2.13. The number of hydrogen-bond donors (Lipinski definition) is 1. The Morgan fingerprint density at radius 2 is 2.17 bits per heavy atom. The molecule has 0 unspecified atom stereocenters. The molecule has 0 aliphatic heterocycles. The van der Waals surface area contributed by atoms with Crippen LogP contribution in [-0.2, 0) is 0 Å². The second-order valence-corrected chi connectivity index (χ2v) is 3.58. The number of hydrogen-bond acceptors (Lipinski definition) is 1. The Labute approximate surface area is 73.8 Å². The minimum atomic E-state index is 0.339. The summed E-state index contributed by atoms with van der Waals surface area (Å²) >= 11 is 0. The zero-order valence-electron chi connectivity index (χ0n) is 7.83. The lowest BCUT2D eigenvalue weighted by molar-refractivity contribution is -0.430. The molecule has 0 bridgehead atoms. The number of quaternary nitrogens is 1. The van der Waals surface area contributed by atoms with Gasteiger partial charge in [0.05, 0.1) is 5.69 Å². The minimum Gasteiger partial charge on any atom is -0.350 e. The van der Waals surface area contributed by atoms with Crippen molar-refractivity contribution in [1.82, 2.24) is 4.98 Å². The molecule has 12 heavy (non-hydrogen) atoms. The van der Waals surface area contributed by atoms with Crippen LogP contribution in [0.3, 0.4) is 0 Å². The van der Waals surface area contributed by atoms with Crippen LogP contribution in [0, 0.1) is 5.92 Å². The van der Waals surface area contributed by atoms with Gasteiger partial charge in [0.15, 0.2) is 0 Å². The number of pyridine rings is 1. The fraction of sp³-hybridized carbons (Fsp3) is 0.500. The predicted octanol–water partition coefficient (Wildman–Crippen LogP) is 1.41. The molecule has 0 spiro atoms. The Morgan fingerprint density at radius 1 is 1.42 bits per heavy atom. The van der Waals surface area contributed by atoms with Crippen LogP contribution in [0.4, 0.5) is 0 Å². The molecule has 1 heterocycles. The Hall–Kier alpha value is -0.890. The van der Waals surface area contributed by atoms with E-state index in [0.29, 0.717) is 12.0 Å². The molecule has 0 amide bonds. The Balaban J connectivity index is 2.59. The van der Waals surface area contributed by atoms with Crippen molar-refractivity contribution in [2.24, 2.45) is 5.92 Å². The lowest BCUT2D eigenvalue weighted by Crippen LogP contribution is -2.54. The van der Waals surface area contributed by atoms with Crippen LogP contribution >= 0.6 is 0 Å². The van der Waals surface area contributed by atoms with Gasteiger partial charge < -0.3 is 5.73 Å². The molecule has 0 radical (unpaired) electrons. The van der Waals surface area contributed by atoms with E-state index in [0.717, 1.165) is 12.1 Å². The van der Waals surface area contributed by atoms with E-state index in [-0.39, 0.29) is 0 Å². The van der Waals surface area contributed by atoms with Crippen LogP contribution in [0.2, 0.25) is 0 Å². The van der Waals surface area contributed by atoms with Crippen molar-refractivity contribution in [2.45, 2.75) is 26.3 Å². The van der Waals surface area contributed by atoms with Gasteiger partial charge in [-0.15, -0.1) is 0 Å². The third-order valence-electron chi connectivity index (χ3n) is 1.86. The second-order valence-electron chi connectivity index (χ2n) is 3.58. The van der Waals surface area contributed by atoms with E-state index in [1.807, 2.05) is 24.4 Å². The van der Waals surface area contributed by atoms with Gasteiger partial charge in [-0.3, -0.25) is 4.98 Å². The molecule has 2 nitrogen and oxygen atoms in total. The van der Waals surface area contributed by atoms with E-state index in [4.69, 9.17) is 0 Å². The molecular weight excluding hydrogens is 148 g/mol. The Bertz CT molecular complexity index is 219. The van der Waals surface area contributed by atoms with Gasteiger partial charge in [-0.1, -0.05) is 19.9 Å². The first-order valence-electron chi connectivity index (χ1n) is 4.44. The minimum absolute atomic E-state index is 0.339. The number of rotatable bonds is 3. The lowest BCUT2D eigenvalue weighted by Gasteiger charge is -2.09. The topological polar surface area (TPSA) is 40.5 Å². The van der Waals surface area contributed by atoms with Gasteiger partial charge in [-0.05, 0) is 18.1 Å². The van der Waals surface area contributed by atoms with E-state index in [1.54, 1.807) is 0 Å². The molecule has 1 rings (SSSR count). The van der Waals surface area contributed by atoms with Gasteiger partial charge in [0.2, 0.25) is 0 Å². The van der Waals surface area contributed by atoms with E-state index in [9.17, 15) is 0 Å². The van der Waals surface area contributed by atoms with Gasteiger partial charge in [0.1, 0.15) is 6.04 Å². The molecule has 3 N–H and O–H groups in total. The highest BCUT2D eigenvalue weighted by atomic mass is 14.8. The molecule has 0 fully saturated rings. The van der Waals surface area contributed by atoms with Crippen molar-refractivity contribution in [1.29, 1.82) is 0 Å². The highest BCUT2D eigenvalue weighted by molar-refractivity contribution is 5.05. The Kier molecular flexibility index (Phi) is 3.23. The molecule has 1 atom stereocenters. The third kappa shape index (κ3) is 2.62. The fourth-order valence-electron chi connectivity index (χ4n) is 1.31. The third-order valence-corrected chi connectivity index (χ3v) is 1.86. The molecular formula is C10H17N2+. The molecule has 2 heteroatoms. The first-order chi connectivity index (χ1) is 5.70. The van der Waals surface area contributed by atoms with Crippen LogP contribution in [0.25, 0.3) is 0 Å². The second kappa shape index (κ2) is 4.21. The van der Waals surface area contributed by atoms with Gasteiger partial charge in [0.25, 0.3) is 0 Å². The SMILES string of the molecule is CC(C)C[C@H]([NH3+])c1ccccn1.